The van der Waals surface area contributed by atoms with Gasteiger partial charge in [-0.1, -0.05) is 0 Å². The quantitative estimate of drug-likeness (QED) is 0.694. The van der Waals surface area contributed by atoms with Gasteiger partial charge in [0.1, 0.15) is 5.82 Å². The van der Waals surface area contributed by atoms with Crippen LogP contribution in [0.5, 0.6) is 0 Å². The molecule has 0 fully saturated rings. The van der Waals surface area contributed by atoms with Gasteiger partial charge in [0.2, 0.25) is 0 Å². The van der Waals surface area contributed by atoms with Gasteiger partial charge >= 0.3 is 0 Å². The molecule has 1 heterocycles. The van der Waals surface area contributed by atoms with Crippen molar-refractivity contribution in [2.45, 2.75) is 19.4 Å². The van der Waals surface area contributed by atoms with Gasteiger partial charge in [-0.15, -0.1) is 0 Å². The number of aromatic nitrogens is 2. The predicted molar refractivity (Wildman–Crippen MR) is 46.8 cm³/mol. The SMILES string of the molecule is CC(C)(CO)Nc1cnccn1. The van der Waals surface area contributed by atoms with Crippen molar-refractivity contribution in [1.82, 2.24) is 9.97 Å². The molecule has 66 valence electrons. The van der Waals surface area contributed by atoms with E-state index in [2.05, 4.69) is 15.3 Å². The van der Waals surface area contributed by atoms with Gasteiger partial charge in [-0.2, -0.15) is 0 Å². The van der Waals surface area contributed by atoms with Crippen LogP contribution in [0.4, 0.5) is 5.82 Å². The van der Waals surface area contributed by atoms with Crippen LogP contribution >= 0.6 is 0 Å². The monoisotopic (exact) mass is 167 g/mol. The van der Waals surface area contributed by atoms with Gasteiger partial charge in [0, 0.05) is 12.4 Å². The lowest BCUT2D eigenvalue weighted by molar-refractivity contribution is 0.234. The number of nitrogens with zero attached hydrogens (tertiary/aromatic N) is 2. The number of hydrogen-bond acceptors (Lipinski definition) is 4. The number of rotatable bonds is 3. The molecule has 1 aromatic heterocycles. The van der Waals surface area contributed by atoms with Crippen molar-refractivity contribution in [2.75, 3.05) is 11.9 Å². The molecular weight excluding hydrogens is 154 g/mol. The summed E-state index contributed by atoms with van der Waals surface area (Å²) in [5.74, 6) is 0.677. The van der Waals surface area contributed by atoms with E-state index in [1.54, 1.807) is 18.6 Å². The minimum Gasteiger partial charge on any atom is -0.394 e. The van der Waals surface area contributed by atoms with E-state index in [4.69, 9.17) is 5.11 Å². The largest absolute Gasteiger partial charge is 0.394 e. The first kappa shape index (κ1) is 8.93. The van der Waals surface area contributed by atoms with Gasteiger partial charge in [-0.3, -0.25) is 4.98 Å². The molecule has 0 aromatic carbocycles. The molecule has 1 aromatic rings. The molecule has 2 N–H and O–H groups in total. The third kappa shape index (κ3) is 2.47. The first-order valence-electron chi connectivity index (χ1n) is 3.79. The normalized spacial score (nSPS) is 11.2. The smallest absolute Gasteiger partial charge is 0.144 e. The predicted octanol–water partition coefficient (Wildman–Crippen LogP) is 0.659. The highest BCUT2D eigenvalue weighted by Gasteiger charge is 2.15. The molecule has 0 unspecified atom stereocenters. The van der Waals surface area contributed by atoms with Crippen LogP contribution in [0.2, 0.25) is 0 Å². The van der Waals surface area contributed by atoms with Crippen LogP contribution in [0.25, 0.3) is 0 Å². The summed E-state index contributed by atoms with van der Waals surface area (Å²) < 4.78 is 0. The van der Waals surface area contributed by atoms with Crippen LogP contribution in [0, 0.1) is 0 Å². The molecule has 0 atom stereocenters. The lowest BCUT2D eigenvalue weighted by Gasteiger charge is -2.23. The summed E-state index contributed by atoms with van der Waals surface area (Å²) in [4.78, 5) is 7.92. The average molecular weight is 167 g/mol. The van der Waals surface area contributed by atoms with E-state index in [0.717, 1.165) is 0 Å². The van der Waals surface area contributed by atoms with Gasteiger partial charge in [0.25, 0.3) is 0 Å². The summed E-state index contributed by atoms with van der Waals surface area (Å²) in [6, 6.07) is 0. The average Bonchev–Trinajstić information content (AvgIpc) is 2.06. The molecule has 0 amide bonds. The van der Waals surface area contributed by atoms with E-state index >= 15 is 0 Å². The summed E-state index contributed by atoms with van der Waals surface area (Å²) in [7, 11) is 0. The Hall–Kier alpha value is -1.16. The maximum atomic E-state index is 8.94. The van der Waals surface area contributed by atoms with Gasteiger partial charge < -0.3 is 10.4 Å². The maximum Gasteiger partial charge on any atom is 0.144 e. The van der Waals surface area contributed by atoms with Crippen molar-refractivity contribution in [3.63, 3.8) is 0 Å². The molecule has 0 spiro atoms. The Labute approximate surface area is 71.7 Å². The Bertz CT molecular complexity index is 235. The van der Waals surface area contributed by atoms with Crippen LogP contribution in [0.1, 0.15) is 13.8 Å². The number of hydrogen-bond donors (Lipinski definition) is 2. The second kappa shape index (κ2) is 3.49. The van der Waals surface area contributed by atoms with E-state index < -0.39 is 0 Å². The van der Waals surface area contributed by atoms with Gasteiger partial charge in [-0.25, -0.2) is 4.98 Å². The fourth-order valence-electron chi connectivity index (χ4n) is 0.750. The summed E-state index contributed by atoms with van der Waals surface area (Å²) >= 11 is 0. The first-order chi connectivity index (χ1) is 5.64. The highest BCUT2D eigenvalue weighted by Crippen LogP contribution is 2.09. The fourth-order valence-corrected chi connectivity index (χ4v) is 0.750. The molecule has 0 bridgehead atoms. The highest BCUT2D eigenvalue weighted by molar-refractivity contribution is 5.33. The molecule has 0 radical (unpaired) electrons. The summed E-state index contributed by atoms with van der Waals surface area (Å²) in [6.07, 6.45) is 4.84. The lowest BCUT2D eigenvalue weighted by atomic mass is 10.1. The molecule has 0 aliphatic rings. The number of nitrogens with one attached hydrogen (secondary N) is 1. The maximum absolute atomic E-state index is 8.94. The third-order valence-corrected chi connectivity index (χ3v) is 1.42. The van der Waals surface area contributed by atoms with Gasteiger partial charge in [0.15, 0.2) is 0 Å². The standard InChI is InChI=1S/C8H13N3O/c1-8(2,6-12)11-7-5-9-3-4-10-7/h3-5,12H,6H2,1-2H3,(H,10,11). The molecule has 1 rings (SSSR count). The van der Waals surface area contributed by atoms with Crippen LogP contribution in [-0.2, 0) is 0 Å². The fraction of sp³-hybridized carbons (Fsp3) is 0.500. The molecular formula is C8H13N3O. The zero-order chi connectivity index (χ0) is 9.03. The van der Waals surface area contributed by atoms with Crippen LogP contribution < -0.4 is 5.32 Å². The molecule has 0 saturated heterocycles. The third-order valence-electron chi connectivity index (χ3n) is 1.42. The zero-order valence-corrected chi connectivity index (χ0v) is 7.28. The second-order valence-corrected chi connectivity index (χ2v) is 3.26. The second-order valence-electron chi connectivity index (χ2n) is 3.26. The van der Waals surface area contributed by atoms with E-state index in [1.165, 1.54) is 0 Å². The van der Waals surface area contributed by atoms with E-state index in [1.807, 2.05) is 13.8 Å². The molecule has 4 nitrogen and oxygen atoms in total. The van der Waals surface area contributed by atoms with E-state index in [-0.39, 0.29) is 12.1 Å². The lowest BCUT2D eigenvalue weighted by Crippen LogP contribution is -2.35. The van der Waals surface area contributed by atoms with Crippen LogP contribution in [0.3, 0.4) is 0 Å². The summed E-state index contributed by atoms with van der Waals surface area (Å²) in [6.45, 7) is 3.84. The Balaban J connectivity index is 2.64. The molecule has 0 aliphatic heterocycles. The van der Waals surface area contributed by atoms with Crippen molar-refractivity contribution < 1.29 is 5.11 Å². The van der Waals surface area contributed by atoms with Crippen molar-refractivity contribution >= 4 is 5.82 Å². The van der Waals surface area contributed by atoms with Crippen molar-refractivity contribution in [2.24, 2.45) is 0 Å². The van der Waals surface area contributed by atoms with Gasteiger partial charge in [0.05, 0.1) is 18.3 Å². The Morgan fingerprint density at radius 1 is 1.50 bits per heavy atom. The number of aliphatic hydroxyl groups excluding tert-OH is 1. The minimum absolute atomic E-state index is 0.0591. The Morgan fingerprint density at radius 3 is 2.75 bits per heavy atom. The van der Waals surface area contributed by atoms with Crippen molar-refractivity contribution in [3.05, 3.63) is 18.6 Å². The topological polar surface area (TPSA) is 58.0 Å². The van der Waals surface area contributed by atoms with Crippen molar-refractivity contribution in [1.29, 1.82) is 0 Å². The summed E-state index contributed by atoms with van der Waals surface area (Å²) in [5.41, 5.74) is -0.351. The van der Waals surface area contributed by atoms with E-state index in [0.29, 0.717) is 5.82 Å². The molecule has 0 aliphatic carbocycles. The molecule has 12 heavy (non-hydrogen) atoms. The van der Waals surface area contributed by atoms with Crippen molar-refractivity contribution in [3.8, 4) is 0 Å². The zero-order valence-electron chi connectivity index (χ0n) is 7.28. The molecule has 4 heteroatoms. The number of aliphatic hydroxyl groups is 1. The Morgan fingerprint density at radius 2 is 2.25 bits per heavy atom. The van der Waals surface area contributed by atoms with Crippen LogP contribution in [0.15, 0.2) is 18.6 Å². The number of anilines is 1. The van der Waals surface area contributed by atoms with Gasteiger partial charge in [-0.05, 0) is 13.8 Å². The van der Waals surface area contributed by atoms with Crippen LogP contribution in [-0.4, -0.2) is 27.2 Å². The summed E-state index contributed by atoms with van der Waals surface area (Å²) in [5, 5.41) is 12.0. The Kier molecular flexibility index (Phi) is 2.60. The first-order valence-corrected chi connectivity index (χ1v) is 3.79. The minimum atomic E-state index is -0.351. The molecule has 0 saturated carbocycles. The van der Waals surface area contributed by atoms with E-state index in [9.17, 15) is 0 Å². The highest BCUT2D eigenvalue weighted by atomic mass is 16.3.